The van der Waals surface area contributed by atoms with Gasteiger partial charge >= 0.3 is 11.9 Å². The fraction of sp³-hybridized carbons (Fsp3) is 0.310. The van der Waals surface area contributed by atoms with Crippen molar-refractivity contribution in [1.82, 2.24) is 0 Å². The molecule has 1 unspecified atom stereocenters. The van der Waals surface area contributed by atoms with Crippen molar-refractivity contribution in [2.45, 2.75) is 51.6 Å². The van der Waals surface area contributed by atoms with Gasteiger partial charge in [0.1, 0.15) is 13.2 Å². The molecule has 0 aromatic heterocycles. The van der Waals surface area contributed by atoms with Gasteiger partial charge in [-0.15, -0.1) is 0 Å². The third kappa shape index (κ3) is 6.51. The number of benzene rings is 3. The average Bonchev–Trinajstić information content (AvgIpc) is 2.85. The summed E-state index contributed by atoms with van der Waals surface area (Å²) in [6.45, 7) is 8.50. The van der Waals surface area contributed by atoms with Crippen LogP contribution < -0.4 is 0 Å². The molecule has 0 amide bonds. The largest absolute Gasteiger partial charge is 0.457 e. The Kier molecular flexibility index (Phi) is 8.56. The number of rotatable bonds is 8. The minimum atomic E-state index is -0.409. The molecule has 0 N–H and O–H groups in total. The highest BCUT2D eigenvalue weighted by molar-refractivity contribution is 7.98. The van der Waals surface area contributed by atoms with Crippen LogP contribution in [0.4, 0.5) is 0 Å². The van der Waals surface area contributed by atoms with Crippen molar-refractivity contribution >= 4 is 23.7 Å². The molecule has 34 heavy (non-hydrogen) atoms. The first kappa shape index (κ1) is 25.6. The molecule has 0 aliphatic heterocycles. The van der Waals surface area contributed by atoms with Gasteiger partial charge in [0.15, 0.2) is 0 Å². The van der Waals surface area contributed by atoms with Crippen LogP contribution in [0.25, 0.3) is 0 Å². The van der Waals surface area contributed by atoms with E-state index in [0.717, 1.165) is 22.3 Å². The average molecular weight is 477 g/mol. The highest BCUT2D eigenvalue weighted by Crippen LogP contribution is 2.37. The number of esters is 2. The molecule has 178 valence electrons. The summed E-state index contributed by atoms with van der Waals surface area (Å²) in [5.41, 5.74) is 3.99. The minimum absolute atomic E-state index is 0.0118. The molecular weight excluding hydrogens is 444 g/mol. The third-order valence-electron chi connectivity index (χ3n) is 5.63. The Hall–Kier alpha value is -3.05. The first-order chi connectivity index (χ1) is 16.2. The van der Waals surface area contributed by atoms with Crippen molar-refractivity contribution in [3.8, 4) is 0 Å². The van der Waals surface area contributed by atoms with Gasteiger partial charge in [0, 0.05) is 5.25 Å². The molecule has 5 heteroatoms. The standard InChI is InChI=1S/C29H32O4S/c1-20(34-5)24-16-23(27(30)32-18-21-12-8-6-9-13-21)17-25(29(2,3)4)26(24)28(31)33-19-22-14-10-7-11-15-22/h6-17,20H,18-19H2,1-5H3. The Morgan fingerprint density at radius 2 is 1.32 bits per heavy atom. The van der Waals surface area contributed by atoms with Gasteiger partial charge in [-0.05, 0) is 53.0 Å². The second kappa shape index (κ2) is 11.4. The van der Waals surface area contributed by atoms with E-state index in [2.05, 4.69) is 0 Å². The van der Waals surface area contributed by atoms with Gasteiger partial charge in [0.2, 0.25) is 0 Å². The summed E-state index contributed by atoms with van der Waals surface area (Å²) >= 11 is 1.61. The van der Waals surface area contributed by atoms with Crippen molar-refractivity contribution in [1.29, 1.82) is 0 Å². The molecule has 0 heterocycles. The van der Waals surface area contributed by atoms with Crippen LogP contribution in [0.1, 0.15) is 75.9 Å². The molecule has 1 atom stereocenters. The van der Waals surface area contributed by atoms with Gasteiger partial charge in [0.05, 0.1) is 11.1 Å². The predicted molar refractivity (Wildman–Crippen MR) is 138 cm³/mol. The zero-order valence-corrected chi connectivity index (χ0v) is 21.3. The van der Waals surface area contributed by atoms with Gasteiger partial charge in [0.25, 0.3) is 0 Å². The monoisotopic (exact) mass is 476 g/mol. The highest BCUT2D eigenvalue weighted by atomic mass is 32.2. The van der Waals surface area contributed by atoms with Gasteiger partial charge in [-0.1, -0.05) is 81.4 Å². The molecule has 0 radical (unpaired) electrons. The zero-order valence-electron chi connectivity index (χ0n) is 20.5. The lowest BCUT2D eigenvalue weighted by Crippen LogP contribution is -2.22. The summed E-state index contributed by atoms with van der Waals surface area (Å²) in [6, 6.07) is 22.8. The summed E-state index contributed by atoms with van der Waals surface area (Å²) in [5, 5.41) is -0.0118. The Bertz CT molecular complexity index is 1120. The first-order valence-electron chi connectivity index (χ1n) is 11.3. The van der Waals surface area contributed by atoms with Crippen molar-refractivity contribution in [2.75, 3.05) is 6.26 Å². The van der Waals surface area contributed by atoms with Crippen LogP contribution >= 0.6 is 11.8 Å². The SMILES string of the molecule is CSC(C)c1cc(C(=O)OCc2ccccc2)cc(C(C)(C)C)c1C(=O)OCc1ccccc1. The van der Waals surface area contributed by atoms with Crippen LogP contribution in [0.15, 0.2) is 72.8 Å². The third-order valence-corrected chi connectivity index (χ3v) is 6.59. The minimum Gasteiger partial charge on any atom is -0.457 e. The fourth-order valence-corrected chi connectivity index (χ4v) is 4.09. The molecule has 0 saturated carbocycles. The maximum atomic E-state index is 13.4. The lowest BCUT2D eigenvalue weighted by molar-refractivity contribution is 0.0455. The fourth-order valence-electron chi connectivity index (χ4n) is 3.65. The van der Waals surface area contributed by atoms with Crippen LogP contribution in [0, 0.1) is 0 Å². The lowest BCUT2D eigenvalue weighted by Gasteiger charge is -2.26. The number of carbonyl (C=O) groups is 2. The van der Waals surface area contributed by atoms with E-state index >= 15 is 0 Å². The van der Waals surface area contributed by atoms with Crippen molar-refractivity contribution in [2.24, 2.45) is 0 Å². The van der Waals surface area contributed by atoms with Gasteiger partial charge in [-0.3, -0.25) is 0 Å². The topological polar surface area (TPSA) is 52.6 Å². The normalized spacial score (nSPS) is 12.1. The van der Waals surface area contributed by atoms with E-state index in [1.54, 1.807) is 23.9 Å². The summed E-state index contributed by atoms with van der Waals surface area (Å²) in [6.07, 6.45) is 1.99. The summed E-state index contributed by atoms with van der Waals surface area (Å²) in [7, 11) is 0. The lowest BCUT2D eigenvalue weighted by atomic mass is 9.80. The van der Waals surface area contributed by atoms with E-state index in [4.69, 9.17) is 9.47 Å². The number of ether oxygens (including phenoxy) is 2. The van der Waals surface area contributed by atoms with E-state index < -0.39 is 5.97 Å². The summed E-state index contributed by atoms with van der Waals surface area (Å²) in [5.74, 6) is -0.790. The van der Waals surface area contributed by atoms with E-state index in [9.17, 15) is 9.59 Å². The Labute approximate surface area is 206 Å². The van der Waals surface area contributed by atoms with E-state index in [1.165, 1.54) is 0 Å². The molecule has 0 bridgehead atoms. The van der Waals surface area contributed by atoms with Crippen molar-refractivity contribution in [3.05, 3.63) is 106 Å². The molecule has 0 fully saturated rings. The highest BCUT2D eigenvalue weighted by Gasteiger charge is 2.30. The molecule has 3 rings (SSSR count). The Morgan fingerprint density at radius 1 is 0.824 bits per heavy atom. The van der Waals surface area contributed by atoms with Crippen LogP contribution in [-0.2, 0) is 28.1 Å². The van der Waals surface area contributed by atoms with Crippen molar-refractivity contribution in [3.63, 3.8) is 0 Å². The predicted octanol–water partition coefficient (Wildman–Crippen LogP) is 7.12. The second-order valence-electron chi connectivity index (χ2n) is 9.24. The number of thioether (sulfide) groups is 1. The maximum absolute atomic E-state index is 13.4. The molecule has 0 aliphatic rings. The van der Waals surface area contributed by atoms with Gasteiger partial charge in [-0.25, -0.2) is 9.59 Å². The molecule has 0 aliphatic carbocycles. The molecule has 3 aromatic rings. The van der Waals surface area contributed by atoms with Crippen LogP contribution in [0.5, 0.6) is 0 Å². The molecule has 3 aromatic carbocycles. The summed E-state index contributed by atoms with van der Waals surface area (Å²) < 4.78 is 11.3. The smallest absolute Gasteiger partial charge is 0.339 e. The van der Waals surface area contributed by atoms with Gasteiger partial charge < -0.3 is 9.47 Å². The van der Waals surface area contributed by atoms with Crippen LogP contribution in [0.2, 0.25) is 0 Å². The maximum Gasteiger partial charge on any atom is 0.339 e. The zero-order chi connectivity index (χ0) is 24.7. The summed E-state index contributed by atoms with van der Waals surface area (Å²) in [4.78, 5) is 26.4. The number of carbonyl (C=O) groups excluding carboxylic acids is 2. The molecular formula is C29H32O4S. The second-order valence-corrected chi connectivity index (χ2v) is 10.4. The molecule has 0 saturated heterocycles. The molecule has 4 nitrogen and oxygen atoms in total. The van der Waals surface area contributed by atoms with Crippen LogP contribution in [0.3, 0.4) is 0 Å². The van der Waals surface area contributed by atoms with E-state index in [-0.39, 0.29) is 29.8 Å². The first-order valence-corrected chi connectivity index (χ1v) is 12.6. The Morgan fingerprint density at radius 3 is 1.79 bits per heavy atom. The van der Waals surface area contributed by atoms with Crippen LogP contribution in [-0.4, -0.2) is 18.2 Å². The van der Waals surface area contributed by atoms with E-state index in [0.29, 0.717) is 11.1 Å². The molecule has 0 spiro atoms. The van der Waals surface area contributed by atoms with Crippen molar-refractivity contribution < 1.29 is 19.1 Å². The van der Waals surface area contributed by atoms with E-state index in [1.807, 2.05) is 94.6 Å². The quantitative estimate of drug-likeness (QED) is 0.324. The number of hydrogen-bond acceptors (Lipinski definition) is 5. The Balaban J connectivity index is 1.96. The van der Waals surface area contributed by atoms with Gasteiger partial charge in [-0.2, -0.15) is 11.8 Å². The number of hydrogen-bond donors (Lipinski definition) is 0.